The number of methoxy groups -OCH3 is 1. The van der Waals surface area contributed by atoms with Crippen LogP contribution in [0.2, 0.25) is 0 Å². The molecule has 9 heteroatoms. The molecule has 8 nitrogen and oxygen atoms in total. The number of aromatic hydroxyl groups is 1. The number of ether oxygens (including phenoxy) is 2. The van der Waals surface area contributed by atoms with Crippen molar-refractivity contribution in [3.8, 4) is 11.5 Å². The summed E-state index contributed by atoms with van der Waals surface area (Å²) in [6, 6.07) is 6.01. The van der Waals surface area contributed by atoms with Crippen molar-refractivity contribution in [2.24, 2.45) is 4.99 Å². The van der Waals surface area contributed by atoms with Crippen LogP contribution in [0.1, 0.15) is 58.9 Å². The van der Waals surface area contributed by atoms with Gasteiger partial charge in [0.1, 0.15) is 5.60 Å². The summed E-state index contributed by atoms with van der Waals surface area (Å²) < 4.78 is 10.8. The van der Waals surface area contributed by atoms with E-state index in [0.717, 1.165) is 32.2 Å². The zero-order chi connectivity index (χ0) is 22.6. The van der Waals surface area contributed by atoms with Gasteiger partial charge in [0.05, 0.1) is 13.7 Å². The summed E-state index contributed by atoms with van der Waals surface area (Å²) in [5.74, 6) is 1.27. The van der Waals surface area contributed by atoms with E-state index in [1.807, 2.05) is 44.7 Å². The maximum Gasteiger partial charge on any atom is 0.410 e. The van der Waals surface area contributed by atoms with Crippen molar-refractivity contribution < 1.29 is 19.4 Å². The molecule has 1 aromatic rings. The number of carbonyl (C=O) groups excluding carboxylic acids is 1. The number of piperidine rings is 1. The van der Waals surface area contributed by atoms with Gasteiger partial charge < -0.3 is 30.1 Å². The number of para-hydroxylation sites is 1. The van der Waals surface area contributed by atoms with E-state index in [1.165, 1.54) is 7.11 Å². The van der Waals surface area contributed by atoms with E-state index in [-0.39, 0.29) is 53.9 Å². The molecule has 3 N–H and O–H groups in total. The number of hydrogen-bond donors (Lipinski definition) is 3. The fourth-order valence-corrected chi connectivity index (χ4v) is 4.45. The topological polar surface area (TPSA) is 95.4 Å². The maximum atomic E-state index is 12.7. The first-order chi connectivity index (χ1) is 14.7. The molecule has 2 bridgehead atoms. The normalized spacial score (nSPS) is 22.7. The molecule has 2 saturated heterocycles. The Balaban J connectivity index is 0.00000363. The standard InChI is InChI=1S/C23H36N4O4.HI/c1-6-24-21(25-14-15-8-7-9-19(30-5)20(15)28)26-16-12-17-10-11-18(13-16)27(17)22(29)31-23(2,3)4;/h7-9,16-18,28H,6,10-14H2,1-5H3,(H2,24,25,26);1H. The number of carbonyl (C=O) groups is 1. The molecule has 0 spiro atoms. The number of rotatable bonds is 5. The number of aliphatic imine (C=N–C) groups is 1. The molecule has 1 aromatic carbocycles. The fourth-order valence-electron chi connectivity index (χ4n) is 4.45. The molecule has 0 aromatic heterocycles. The third-order valence-corrected chi connectivity index (χ3v) is 5.73. The molecule has 3 rings (SSSR count). The van der Waals surface area contributed by atoms with Crippen LogP contribution in [0, 0.1) is 0 Å². The van der Waals surface area contributed by atoms with Crippen molar-refractivity contribution in [3.05, 3.63) is 23.8 Å². The minimum absolute atomic E-state index is 0. The minimum Gasteiger partial charge on any atom is -0.504 e. The van der Waals surface area contributed by atoms with Crippen LogP contribution in [0.3, 0.4) is 0 Å². The van der Waals surface area contributed by atoms with Gasteiger partial charge in [-0.1, -0.05) is 12.1 Å². The fraction of sp³-hybridized carbons (Fsp3) is 0.652. The van der Waals surface area contributed by atoms with Gasteiger partial charge in [0.15, 0.2) is 17.5 Å². The first-order valence-corrected chi connectivity index (χ1v) is 11.1. The highest BCUT2D eigenvalue weighted by molar-refractivity contribution is 14.0. The second-order valence-corrected chi connectivity index (χ2v) is 9.25. The van der Waals surface area contributed by atoms with Gasteiger partial charge in [-0.3, -0.25) is 0 Å². The van der Waals surface area contributed by atoms with Gasteiger partial charge in [0.25, 0.3) is 0 Å². The Morgan fingerprint density at radius 1 is 1.25 bits per heavy atom. The summed E-state index contributed by atoms with van der Waals surface area (Å²) in [7, 11) is 1.53. The molecule has 1 amide bonds. The number of nitrogens with one attached hydrogen (secondary N) is 2. The summed E-state index contributed by atoms with van der Waals surface area (Å²) in [5.41, 5.74) is 0.221. The number of benzene rings is 1. The van der Waals surface area contributed by atoms with Crippen LogP contribution >= 0.6 is 24.0 Å². The molecule has 0 aliphatic carbocycles. The van der Waals surface area contributed by atoms with Gasteiger partial charge in [0.2, 0.25) is 0 Å². The summed E-state index contributed by atoms with van der Waals surface area (Å²) in [5, 5.41) is 17.1. The lowest BCUT2D eigenvalue weighted by molar-refractivity contribution is 0.00545. The Labute approximate surface area is 208 Å². The average molecular weight is 560 g/mol. The zero-order valence-corrected chi connectivity index (χ0v) is 22.0. The minimum atomic E-state index is -0.484. The van der Waals surface area contributed by atoms with E-state index >= 15 is 0 Å². The molecular formula is C23H37IN4O4. The Morgan fingerprint density at radius 3 is 2.47 bits per heavy atom. The predicted octanol–water partition coefficient (Wildman–Crippen LogP) is 4.00. The third kappa shape index (κ3) is 6.55. The highest BCUT2D eigenvalue weighted by atomic mass is 127. The number of guanidine groups is 1. The lowest BCUT2D eigenvalue weighted by Crippen LogP contribution is -2.55. The lowest BCUT2D eigenvalue weighted by atomic mass is 9.98. The van der Waals surface area contributed by atoms with Gasteiger partial charge in [-0.15, -0.1) is 24.0 Å². The highest BCUT2D eigenvalue weighted by Gasteiger charge is 2.45. The van der Waals surface area contributed by atoms with Crippen molar-refractivity contribution in [3.63, 3.8) is 0 Å². The van der Waals surface area contributed by atoms with Gasteiger partial charge in [0, 0.05) is 30.2 Å². The second-order valence-electron chi connectivity index (χ2n) is 9.25. The summed E-state index contributed by atoms with van der Waals surface area (Å²) in [6.07, 6.45) is 3.54. The molecule has 2 atom stereocenters. The van der Waals surface area contributed by atoms with Crippen LogP contribution in [0.4, 0.5) is 4.79 Å². The molecule has 0 radical (unpaired) electrons. The first-order valence-electron chi connectivity index (χ1n) is 11.1. The van der Waals surface area contributed by atoms with E-state index in [4.69, 9.17) is 9.47 Å². The Hall–Kier alpha value is -1.91. The third-order valence-electron chi connectivity index (χ3n) is 5.73. The second kappa shape index (κ2) is 11.3. The molecular weight excluding hydrogens is 523 g/mol. The quantitative estimate of drug-likeness (QED) is 0.286. The number of fused-ring (bicyclic) bond motifs is 2. The van der Waals surface area contributed by atoms with E-state index in [1.54, 1.807) is 6.07 Å². The zero-order valence-electron chi connectivity index (χ0n) is 19.7. The smallest absolute Gasteiger partial charge is 0.410 e. The Kier molecular flexibility index (Phi) is 9.29. The number of hydrogen-bond acceptors (Lipinski definition) is 5. The number of nitrogens with zero attached hydrogens (tertiary/aromatic N) is 2. The van der Waals surface area contributed by atoms with Gasteiger partial charge in [-0.05, 0) is 59.4 Å². The number of phenolic OH excluding ortho intramolecular Hbond substituents is 1. The lowest BCUT2D eigenvalue weighted by Gasteiger charge is -2.40. The van der Waals surface area contributed by atoms with E-state index < -0.39 is 5.60 Å². The Bertz CT molecular complexity index is 798. The molecule has 180 valence electrons. The molecule has 2 unspecified atom stereocenters. The summed E-state index contributed by atoms with van der Waals surface area (Å²) in [6.45, 7) is 8.80. The average Bonchev–Trinajstić information content (AvgIpc) is 2.97. The first kappa shape index (κ1) is 26.3. The summed E-state index contributed by atoms with van der Waals surface area (Å²) >= 11 is 0. The molecule has 2 heterocycles. The van der Waals surface area contributed by atoms with Crippen LogP contribution in [0.15, 0.2) is 23.2 Å². The molecule has 2 aliphatic heterocycles. The van der Waals surface area contributed by atoms with Crippen LogP contribution in [0.25, 0.3) is 0 Å². The monoisotopic (exact) mass is 560 g/mol. The van der Waals surface area contributed by atoms with Crippen molar-refractivity contribution in [2.75, 3.05) is 13.7 Å². The van der Waals surface area contributed by atoms with Gasteiger partial charge >= 0.3 is 6.09 Å². The van der Waals surface area contributed by atoms with Crippen LogP contribution in [-0.2, 0) is 11.3 Å². The van der Waals surface area contributed by atoms with E-state index in [2.05, 4.69) is 15.6 Å². The van der Waals surface area contributed by atoms with Crippen molar-refractivity contribution in [1.29, 1.82) is 0 Å². The summed E-state index contributed by atoms with van der Waals surface area (Å²) in [4.78, 5) is 19.3. The van der Waals surface area contributed by atoms with E-state index in [0.29, 0.717) is 23.8 Å². The molecule has 32 heavy (non-hydrogen) atoms. The van der Waals surface area contributed by atoms with Crippen LogP contribution in [0.5, 0.6) is 11.5 Å². The molecule has 0 saturated carbocycles. The van der Waals surface area contributed by atoms with Gasteiger partial charge in [-0.2, -0.15) is 0 Å². The maximum absolute atomic E-state index is 12.7. The SMILES string of the molecule is CCNC(=NCc1cccc(OC)c1O)NC1CC2CCC(C1)N2C(=O)OC(C)(C)C.I. The molecule has 2 fully saturated rings. The van der Waals surface area contributed by atoms with Crippen molar-refractivity contribution in [2.45, 2.75) is 83.6 Å². The van der Waals surface area contributed by atoms with E-state index in [9.17, 15) is 9.90 Å². The highest BCUT2D eigenvalue weighted by Crippen LogP contribution is 2.37. The largest absolute Gasteiger partial charge is 0.504 e. The predicted molar refractivity (Wildman–Crippen MR) is 136 cm³/mol. The van der Waals surface area contributed by atoms with Crippen molar-refractivity contribution in [1.82, 2.24) is 15.5 Å². The number of halogens is 1. The number of amides is 1. The van der Waals surface area contributed by atoms with Gasteiger partial charge in [-0.25, -0.2) is 9.79 Å². The molecule has 2 aliphatic rings. The van der Waals surface area contributed by atoms with Crippen LogP contribution in [-0.4, -0.2) is 59.4 Å². The Morgan fingerprint density at radius 2 is 1.91 bits per heavy atom. The van der Waals surface area contributed by atoms with Crippen molar-refractivity contribution >= 4 is 36.0 Å². The number of phenols is 1. The van der Waals surface area contributed by atoms with Crippen LogP contribution < -0.4 is 15.4 Å².